The van der Waals surface area contributed by atoms with E-state index in [1.807, 2.05) is 13.0 Å². The number of aryl methyl sites for hydroxylation is 1. The first-order chi connectivity index (χ1) is 11.4. The third-order valence-corrected chi connectivity index (χ3v) is 5.33. The van der Waals surface area contributed by atoms with Crippen molar-refractivity contribution < 1.29 is 17.9 Å². The number of nitrogens with one attached hydrogen (secondary N) is 1. The van der Waals surface area contributed by atoms with E-state index in [-0.39, 0.29) is 17.3 Å². The molecule has 0 bridgehead atoms. The average Bonchev–Trinajstić information content (AvgIpc) is 2.57. The first kappa shape index (κ1) is 16.5. The Morgan fingerprint density at radius 3 is 2.50 bits per heavy atom. The van der Waals surface area contributed by atoms with Crippen LogP contribution in [0.15, 0.2) is 53.4 Å². The zero-order chi connectivity index (χ0) is 17.3. The van der Waals surface area contributed by atoms with Crippen LogP contribution in [0.4, 0.5) is 5.69 Å². The maximum Gasteiger partial charge on any atom is 0.269 e. The summed E-state index contributed by atoms with van der Waals surface area (Å²) in [5.41, 5.74) is 1.64. The first-order valence-corrected chi connectivity index (χ1v) is 8.96. The predicted octanol–water partition coefficient (Wildman–Crippen LogP) is 1.70. The highest BCUT2D eigenvalue weighted by atomic mass is 32.2. The topological polar surface area (TPSA) is 75.7 Å². The predicted molar refractivity (Wildman–Crippen MR) is 90.6 cm³/mol. The number of benzene rings is 2. The zero-order valence-electron chi connectivity index (χ0n) is 13.4. The van der Waals surface area contributed by atoms with Crippen molar-refractivity contribution in [2.75, 3.05) is 18.5 Å². The van der Waals surface area contributed by atoms with Crippen LogP contribution in [0.25, 0.3) is 0 Å². The van der Waals surface area contributed by atoms with Crippen molar-refractivity contribution in [2.45, 2.75) is 17.9 Å². The van der Waals surface area contributed by atoms with E-state index >= 15 is 0 Å². The minimum absolute atomic E-state index is 0.131. The summed E-state index contributed by atoms with van der Waals surface area (Å²) in [7, 11) is -2.05. The third kappa shape index (κ3) is 3.13. The molecule has 2 aromatic rings. The van der Waals surface area contributed by atoms with Gasteiger partial charge in [-0.15, -0.1) is 0 Å². The molecule has 1 N–H and O–H groups in total. The summed E-state index contributed by atoms with van der Waals surface area (Å²) in [6, 6.07) is 13.6. The number of likely N-dealkylation sites (N-methyl/N-ethyl adjacent to an activating group) is 1. The Bertz CT molecular complexity index is 862. The molecule has 0 saturated carbocycles. The van der Waals surface area contributed by atoms with E-state index in [0.717, 1.165) is 5.56 Å². The van der Waals surface area contributed by atoms with Crippen LogP contribution in [0.2, 0.25) is 0 Å². The summed E-state index contributed by atoms with van der Waals surface area (Å²) in [6.45, 7) is 1.75. The molecule has 2 aromatic carbocycles. The van der Waals surface area contributed by atoms with Crippen LogP contribution in [-0.4, -0.2) is 34.0 Å². The van der Waals surface area contributed by atoms with Crippen molar-refractivity contribution in [1.29, 1.82) is 0 Å². The lowest BCUT2D eigenvalue weighted by Crippen LogP contribution is -2.49. The van der Waals surface area contributed by atoms with E-state index < -0.39 is 16.1 Å². The number of para-hydroxylation sites is 2. The summed E-state index contributed by atoms with van der Waals surface area (Å²) >= 11 is 0. The van der Waals surface area contributed by atoms with Crippen molar-refractivity contribution in [3.63, 3.8) is 0 Å². The standard InChI is InChI=1S/C17H18N2O4S/c1-12-7-9-13(10-8-12)24(21,22)18-11-16-17(20)19(2)14-5-3-4-6-15(14)23-16/h3-10,16,18H,11H2,1-2H3. The number of hydrogen-bond acceptors (Lipinski definition) is 4. The van der Waals surface area contributed by atoms with Gasteiger partial charge in [0.15, 0.2) is 6.10 Å². The lowest BCUT2D eigenvalue weighted by Gasteiger charge is -2.31. The van der Waals surface area contributed by atoms with Crippen LogP contribution in [0.3, 0.4) is 0 Å². The quantitative estimate of drug-likeness (QED) is 0.914. The Balaban J connectivity index is 1.75. The molecule has 24 heavy (non-hydrogen) atoms. The molecule has 0 radical (unpaired) electrons. The molecule has 3 rings (SSSR count). The lowest BCUT2D eigenvalue weighted by molar-refractivity contribution is -0.125. The summed E-state index contributed by atoms with van der Waals surface area (Å²) < 4.78 is 32.7. The minimum Gasteiger partial charge on any atom is -0.477 e. The van der Waals surface area contributed by atoms with Crippen molar-refractivity contribution in [3.8, 4) is 5.75 Å². The fraction of sp³-hybridized carbons (Fsp3) is 0.235. The number of ether oxygens (including phenoxy) is 1. The largest absolute Gasteiger partial charge is 0.477 e. The van der Waals surface area contributed by atoms with Crippen molar-refractivity contribution in [1.82, 2.24) is 4.72 Å². The highest BCUT2D eigenvalue weighted by Crippen LogP contribution is 2.32. The van der Waals surface area contributed by atoms with Gasteiger partial charge in [-0.2, -0.15) is 0 Å². The molecule has 0 fully saturated rings. The minimum atomic E-state index is -3.70. The summed E-state index contributed by atoms with van der Waals surface area (Å²) in [6.07, 6.45) is -0.898. The molecule has 7 heteroatoms. The van der Waals surface area contributed by atoms with Crippen molar-refractivity contribution in [3.05, 3.63) is 54.1 Å². The number of anilines is 1. The van der Waals surface area contributed by atoms with Gasteiger partial charge < -0.3 is 9.64 Å². The molecule has 1 unspecified atom stereocenters. The van der Waals surface area contributed by atoms with Gasteiger partial charge in [0.1, 0.15) is 5.75 Å². The van der Waals surface area contributed by atoms with Gasteiger partial charge >= 0.3 is 0 Å². The molecule has 1 amide bonds. The molecule has 1 aliphatic heterocycles. The normalized spacial score (nSPS) is 17.3. The van der Waals surface area contributed by atoms with Crippen molar-refractivity contribution in [2.24, 2.45) is 0 Å². The first-order valence-electron chi connectivity index (χ1n) is 7.48. The maximum atomic E-state index is 12.4. The van der Waals surface area contributed by atoms with E-state index in [1.54, 1.807) is 37.4 Å². The Kier molecular flexibility index (Phi) is 4.29. The Hall–Kier alpha value is -2.38. The van der Waals surface area contributed by atoms with E-state index in [4.69, 9.17) is 4.74 Å². The number of carbonyl (C=O) groups is 1. The molecule has 126 valence electrons. The fourth-order valence-corrected chi connectivity index (χ4v) is 3.52. The van der Waals surface area contributed by atoms with Gasteiger partial charge in [-0.05, 0) is 31.2 Å². The zero-order valence-corrected chi connectivity index (χ0v) is 14.2. The smallest absolute Gasteiger partial charge is 0.269 e. The second kappa shape index (κ2) is 6.26. The van der Waals surface area contributed by atoms with E-state index in [0.29, 0.717) is 11.4 Å². The van der Waals surface area contributed by atoms with Gasteiger partial charge in [0.25, 0.3) is 5.91 Å². The maximum absolute atomic E-state index is 12.4. The number of amides is 1. The number of rotatable bonds is 4. The Morgan fingerprint density at radius 2 is 1.79 bits per heavy atom. The molecule has 0 aromatic heterocycles. The van der Waals surface area contributed by atoms with Crippen LogP contribution in [0.5, 0.6) is 5.75 Å². The summed E-state index contributed by atoms with van der Waals surface area (Å²) in [5, 5.41) is 0. The van der Waals surface area contributed by atoms with E-state index in [1.165, 1.54) is 17.0 Å². The molecule has 0 saturated heterocycles. The molecule has 0 spiro atoms. The fourth-order valence-electron chi connectivity index (χ4n) is 2.49. The van der Waals surface area contributed by atoms with Crippen LogP contribution in [-0.2, 0) is 14.8 Å². The van der Waals surface area contributed by atoms with E-state index in [2.05, 4.69) is 4.72 Å². The second-order valence-electron chi connectivity index (χ2n) is 5.64. The summed E-state index contributed by atoms with van der Waals surface area (Å²) in [4.78, 5) is 14.0. The monoisotopic (exact) mass is 346 g/mol. The highest BCUT2D eigenvalue weighted by molar-refractivity contribution is 7.89. The van der Waals surface area contributed by atoms with Gasteiger partial charge in [-0.25, -0.2) is 13.1 Å². The van der Waals surface area contributed by atoms with Gasteiger partial charge in [0.05, 0.1) is 17.1 Å². The summed E-state index contributed by atoms with van der Waals surface area (Å²) in [5.74, 6) is 0.263. The van der Waals surface area contributed by atoms with Crippen LogP contribution >= 0.6 is 0 Å². The SMILES string of the molecule is Cc1ccc(S(=O)(=O)NCC2Oc3ccccc3N(C)C2=O)cc1. The van der Waals surface area contributed by atoms with Gasteiger partial charge in [0, 0.05) is 7.05 Å². The molecule has 0 aliphatic carbocycles. The highest BCUT2D eigenvalue weighted by Gasteiger charge is 2.33. The lowest BCUT2D eigenvalue weighted by atomic mass is 10.2. The number of fused-ring (bicyclic) bond motifs is 1. The van der Waals surface area contributed by atoms with Crippen LogP contribution in [0.1, 0.15) is 5.56 Å². The van der Waals surface area contributed by atoms with E-state index in [9.17, 15) is 13.2 Å². The molecule has 1 aliphatic rings. The van der Waals surface area contributed by atoms with Crippen LogP contribution in [0, 0.1) is 6.92 Å². The number of nitrogens with zero attached hydrogens (tertiary/aromatic N) is 1. The van der Waals surface area contributed by atoms with Gasteiger partial charge in [-0.1, -0.05) is 29.8 Å². The molecular formula is C17H18N2O4S. The second-order valence-corrected chi connectivity index (χ2v) is 7.40. The Labute approximate surface area is 141 Å². The number of hydrogen-bond donors (Lipinski definition) is 1. The van der Waals surface area contributed by atoms with Crippen LogP contribution < -0.4 is 14.4 Å². The van der Waals surface area contributed by atoms with Crippen molar-refractivity contribution >= 4 is 21.6 Å². The molecule has 1 atom stereocenters. The average molecular weight is 346 g/mol. The van der Waals surface area contributed by atoms with Gasteiger partial charge in [0.2, 0.25) is 10.0 Å². The molecule has 6 nitrogen and oxygen atoms in total. The number of sulfonamides is 1. The van der Waals surface area contributed by atoms with Gasteiger partial charge in [-0.3, -0.25) is 4.79 Å². The number of carbonyl (C=O) groups excluding carboxylic acids is 1. The molecule has 1 heterocycles. The third-order valence-electron chi connectivity index (χ3n) is 3.89. The molecular weight excluding hydrogens is 328 g/mol. The Morgan fingerprint density at radius 1 is 1.12 bits per heavy atom.